The molecule has 1 fully saturated rings. The quantitative estimate of drug-likeness (QED) is 0.713. The molecule has 13 heavy (non-hydrogen) atoms. The Labute approximate surface area is 82.0 Å². The summed E-state index contributed by atoms with van der Waals surface area (Å²) in [5.74, 6) is 0. The first-order chi connectivity index (χ1) is 6.04. The molecule has 0 radical (unpaired) electrons. The van der Waals surface area contributed by atoms with Crippen molar-refractivity contribution in [3.05, 3.63) is 0 Å². The lowest BCUT2D eigenvalue weighted by Crippen LogP contribution is -2.46. The van der Waals surface area contributed by atoms with E-state index in [1.807, 2.05) is 0 Å². The molecule has 1 aliphatic heterocycles. The predicted octanol–water partition coefficient (Wildman–Crippen LogP) is 2.33. The smallest absolute Gasteiger partial charge is 0.0775 e. The summed E-state index contributed by atoms with van der Waals surface area (Å²) in [5, 5.41) is 3.62. The van der Waals surface area contributed by atoms with Crippen LogP contribution in [0.4, 0.5) is 0 Å². The monoisotopic (exact) mass is 185 g/mol. The van der Waals surface area contributed by atoms with Crippen LogP contribution < -0.4 is 5.32 Å². The minimum absolute atomic E-state index is 0.0485. The molecule has 1 rings (SSSR count). The molecular weight excluding hydrogens is 162 g/mol. The summed E-state index contributed by atoms with van der Waals surface area (Å²) in [6, 6.07) is 0. The number of rotatable bonds is 2. The van der Waals surface area contributed by atoms with E-state index < -0.39 is 0 Å². The van der Waals surface area contributed by atoms with Gasteiger partial charge in [-0.2, -0.15) is 0 Å². The molecule has 78 valence electrons. The van der Waals surface area contributed by atoms with Crippen LogP contribution in [0, 0.1) is 0 Å². The molecule has 0 spiro atoms. The predicted molar refractivity (Wildman–Crippen MR) is 56.0 cm³/mol. The fourth-order valence-corrected chi connectivity index (χ4v) is 1.59. The molecule has 1 aliphatic rings. The van der Waals surface area contributed by atoms with Crippen LogP contribution in [0.5, 0.6) is 0 Å². The molecule has 2 unspecified atom stereocenters. The molecule has 0 amide bonds. The lowest BCUT2D eigenvalue weighted by molar-refractivity contribution is -0.0215. The molecule has 1 saturated heterocycles. The van der Waals surface area contributed by atoms with Gasteiger partial charge in [0, 0.05) is 18.7 Å². The minimum Gasteiger partial charge on any atom is -0.374 e. The van der Waals surface area contributed by atoms with Gasteiger partial charge in [0.2, 0.25) is 0 Å². The largest absolute Gasteiger partial charge is 0.374 e. The lowest BCUT2D eigenvalue weighted by atomic mass is 9.94. The Bertz CT molecular complexity index is 153. The van der Waals surface area contributed by atoms with E-state index in [4.69, 9.17) is 4.74 Å². The summed E-state index contributed by atoms with van der Waals surface area (Å²) in [6.07, 6.45) is 3.38. The van der Waals surface area contributed by atoms with E-state index in [2.05, 4.69) is 33.0 Å². The zero-order chi connectivity index (χ0) is 9.95. The Kier molecular flexibility index (Phi) is 3.36. The van der Waals surface area contributed by atoms with Crippen LogP contribution >= 0.6 is 0 Å². The van der Waals surface area contributed by atoms with Gasteiger partial charge in [0.15, 0.2) is 0 Å². The van der Waals surface area contributed by atoms with Gasteiger partial charge in [-0.05, 0) is 33.1 Å². The number of ether oxygens (including phenoxy) is 1. The van der Waals surface area contributed by atoms with Gasteiger partial charge in [-0.25, -0.2) is 0 Å². The van der Waals surface area contributed by atoms with E-state index in [9.17, 15) is 0 Å². The third-order valence-electron chi connectivity index (χ3n) is 3.52. The Morgan fingerprint density at radius 2 is 1.92 bits per heavy atom. The van der Waals surface area contributed by atoms with Crippen molar-refractivity contribution in [2.45, 2.75) is 58.1 Å². The first-order valence-electron chi connectivity index (χ1n) is 5.42. The van der Waals surface area contributed by atoms with E-state index in [0.717, 1.165) is 26.0 Å². The van der Waals surface area contributed by atoms with Crippen molar-refractivity contribution in [3.63, 3.8) is 0 Å². The van der Waals surface area contributed by atoms with Gasteiger partial charge in [0.1, 0.15) is 0 Å². The third-order valence-corrected chi connectivity index (χ3v) is 3.52. The van der Waals surface area contributed by atoms with Gasteiger partial charge in [-0.3, -0.25) is 0 Å². The first kappa shape index (κ1) is 11.0. The zero-order valence-electron chi connectivity index (χ0n) is 9.44. The molecule has 0 aromatic heterocycles. The maximum atomic E-state index is 5.87. The molecule has 0 aromatic rings. The molecule has 2 heteroatoms. The number of hydrogen-bond acceptors (Lipinski definition) is 2. The Hall–Kier alpha value is -0.0800. The fourth-order valence-electron chi connectivity index (χ4n) is 1.59. The summed E-state index contributed by atoms with van der Waals surface area (Å²) >= 11 is 0. The highest BCUT2D eigenvalue weighted by molar-refractivity contribution is 4.89. The summed E-state index contributed by atoms with van der Waals surface area (Å²) in [6.45, 7) is 10.8. The second kappa shape index (κ2) is 3.97. The highest BCUT2D eigenvalue weighted by Crippen LogP contribution is 2.24. The zero-order valence-corrected chi connectivity index (χ0v) is 9.44. The molecule has 1 heterocycles. The summed E-state index contributed by atoms with van der Waals surface area (Å²) in [4.78, 5) is 0. The van der Waals surface area contributed by atoms with Gasteiger partial charge < -0.3 is 10.1 Å². The number of nitrogens with one attached hydrogen (secondary N) is 1. The van der Waals surface area contributed by atoms with Crippen molar-refractivity contribution in [2.75, 3.05) is 13.2 Å². The Morgan fingerprint density at radius 1 is 1.23 bits per heavy atom. The van der Waals surface area contributed by atoms with Crippen LogP contribution in [0.3, 0.4) is 0 Å². The fraction of sp³-hybridized carbons (Fsp3) is 1.00. The second-order valence-electron chi connectivity index (χ2n) is 4.67. The van der Waals surface area contributed by atoms with Gasteiger partial charge >= 0.3 is 0 Å². The molecule has 0 aromatic carbocycles. The van der Waals surface area contributed by atoms with E-state index in [1.54, 1.807) is 0 Å². The molecule has 1 N–H and O–H groups in total. The average molecular weight is 185 g/mol. The molecule has 2 nitrogen and oxygen atoms in total. The minimum atomic E-state index is 0.0485. The topological polar surface area (TPSA) is 21.3 Å². The molecule has 0 saturated carbocycles. The van der Waals surface area contributed by atoms with Crippen LogP contribution in [0.25, 0.3) is 0 Å². The van der Waals surface area contributed by atoms with E-state index in [-0.39, 0.29) is 11.1 Å². The van der Waals surface area contributed by atoms with Gasteiger partial charge in [-0.1, -0.05) is 13.8 Å². The third kappa shape index (κ3) is 2.68. The summed E-state index contributed by atoms with van der Waals surface area (Å²) in [5.41, 5.74) is 0.333. The lowest BCUT2D eigenvalue weighted by Gasteiger charge is -2.30. The average Bonchev–Trinajstić information content (AvgIpc) is 2.29. The first-order valence-corrected chi connectivity index (χ1v) is 5.42. The normalized spacial score (nSPS) is 41.5. The van der Waals surface area contributed by atoms with Crippen LogP contribution in [0.15, 0.2) is 0 Å². The van der Waals surface area contributed by atoms with Crippen molar-refractivity contribution < 1.29 is 4.74 Å². The SMILES string of the molecule is CCC1(C)CCOC(C)(CC)CN1. The second-order valence-corrected chi connectivity index (χ2v) is 4.67. The van der Waals surface area contributed by atoms with Crippen molar-refractivity contribution in [1.82, 2.24) is 5.32 Å². The van der Waals surface area contributed by atoms with Crippen LogP contribution in [0.2, 0.25) is 0 Å². The molecule has 0 bridgehead atoms. The summed E-state index contributed by atoms with van der Waals surface area (Å²) < 4.78 is 5.87. The summed E-state index contributed by atoms with van der Waals surface area (Å²) in [7, 11) is 0. The van der Waals surface area contributed by atoms with E-state index >= 15 is 0 Å². The maximum Gasteiger partial charge on any atom is 0.0775 e. The van der Waals surface area contributed by atoms with Crippen molar-refractivity contribution in [3.8, 4) is 0 Å². The Morgan fingerprint density at radius 3 is 2.46 bits per heavy atom. The van der Waals surface area contributed by atoms with Crippen molar-refractivity contribution in [2.24, 2.45) is 0 Å². The molecular formula is C11H23NO. The van der Waals surface area contributed by atoms with Crippen molar-refractivity contribution >= 4 is 0 Å². The van der Waals surface area contributed by atoms with E-state index in [0.29, 0.717) is 0 Å². The highest BCUT2D eigenvalue weighted by atomic mass is 16.5. The van der Waals surface area contributed by atoms with Crippen LogP contribution in [-0.4, -0.2) is 24.3 Å². The van der Waals surface area contributed by atoms with Crippen LogP contribution in [-0.2, 0) is 4.74 Å². The standard InChI is InChI=1S/C11H23NO/c1-5-10(3)7-8-13-11(4,6-2)9-12-10/h12H,5-9H2,1-4H3. The van der Waals surface area contributed by atoms with Crippen LogP contribution in [0.1, 0.15) is 47.0 Å². The molecule has 0 aliphatic carbocycles. The van der Waals surface area contributed by atoms with Gasteiger partial charge in [0.25, 0.3) is 0 Å². The Balaban J connectivity index is 2.58. The van der Waals surface area contributed by atoms with Gasteiger partial charge in [-0.15, -0.1) is 0 Å². The molecule has 2 atom stereocenters. The number of hydrogen-bond donors (Lipinski definition) is 1. The highest BCUT2D eigenvalue weighted by Gasteiger charge is 2.32. The van der Waals surface area contributed by atoms with E-state index in [1.165, 1.54) is 6.42 Å². The van der Waals surface area contributed by atoms with Crippen molar-refractivity contribution in [1.29, 1.82) is 0 Å². The van der Waals surface area contributed by atoms with Gasteiger partial charge in [0.05, 0.1) is 5.60 Å². The maximum absolute atomic E-state index is 5.87.